The molecular formula is C56H56N14O4. The third-order valence-corrected chi connectivity index (χ3v) is 14.7. The summed E-state index contributed by atoms with van der Waals surface area (Å²) in [7, 11) is 2.12. The van der Waals surface area contributed by atoms with Gasteiger partial charge < -0.3 is 41.0 Å². The Morgan fingerprint density at radius 3 is 2.18 bits per heavy atom. The van der Waals surface area contributed by atoms with Crippen molar-refractivity contribution in [1.82, 2.24) is 61.2 Å². The molecule has 18 nitrogen and oxygen atoms in total. The standard InChI is InChI=1S/C56H56N14O4/c1-70-26-20-55(21-27-70,64-41-10-3-7-38(30-41)51(71)60-33-40-9-2-6-35-17-28-73-47(35)40)53-63-50(67-68-53)37-16-24-59-46(32-37)44-13-5-12-43-45(18-29-74-48(43)44)61-52(72)39-8-4-11-42(31-39)65-56(19-25-58-34-56)54-62-49(66-69-54)36-14-22-57-23-15-36/h2-16,22-24,30-32,45,58,64-65H,17-21,25-29,33-34H2,1H3,(H,60,71)(H,61,72)(H,62,66,69)(H,63,67,68)/t45-,56-/m1/s1. The van der Waals surface area contributed by atoms with E-state index in [2.05, 4.69) is 64.9 Å². The van der Waals surface area contributed by atoms with Gasteiger partial charge >= 0.3 is 0 Å². The van der Waals surface area contributed by atoms with Gasteiger partial charge in [-0.05, 0) is 105 Å². The topological polar surface area (TPSA) is 225 Å². The second kappa shape index (κ2) is 19.8. The molecule has 4 aliphatic heterocycles. The summed E-state index contributed by atoms with van der Waals surface area (Å²) in [5.74, 6) is 3.77. The van der Waals surface area contributed by atoms with E-state index in [1.807, 2.05) is 103 Å². The molecule has 7 N–H and O–H groups in total. The second-order valence-electron chi connectivity index (χ2n) is 19.6. The number of rotatable bonds is 14. The number of piperidine rings is 1. The van der Waals surface area contributed by atoms with Crippen LogP contribution in [0.25, 0.3) is 34.0 Å². The SMILES string of the molecule is CN1CCC(Nc2cccc(C(=O)NCc3cccc4c3OCC4)c2)(c2nc(-c3ccnc(-c4cccc5c4OCC[C@H]5NC(=O)c4cccc(N[C@]5(c6nc(-c7ccncc7)n[nH]6)CCNC5)c4)c3)n[nH]2)CC1. The molecule has 2 fully saturated rings. The molecule has 4 aliphatic rings. The first kappa shape index (κ1) is 46.6. The van der Waals surface area contributed by atoms with Crippen molar-refractivity contribution >= 4 is 23.2 Å². The number of fused-ring (bicyclic) bond motifs is 2. The largest absolute Gasteiger partial charge is 0.493 e. The first-order chi connectivity index (χ1) is 36.3. The van der Waals surface area contributed by atoms with Gasteiger partial charge in [-0.15, -0.1) is 0 Å². The van der Waals surface area contributed by atoms with Gasteiger partial charge in [-0.3, -0.25) is 29.8 Å². The summed E-state index contributed by atoms with van der Waals surface area (Å²) in [6, 6.07) is 34.6. The van der Waals surface area contributed by atoms with Gasteiger partial charge in [-0.1, -0.05) is 42.5 Å². The molecule has 12 rings (SSSR count). The van der Waals surface area contributed by atoms with Crippen LogP contribution in [0.4, 0.5) is 11.4 Å². The van der Waals surface area contributed by atoms with Crippen LogP contribution in [0.1, 0.15) is 80.8 Å². The number of aromatic nitrogens is 8. The molecule has 4 aromatic heterocycles. The molecule has 18 heteroatoms. The number of likely N-dealkylation sites (tertiary alicyclic amines) is 1. The van der Waals surface area contributed by atoms with Gasteiger partial charge in [0, 0.05) is 108 Å². The Balaban J connectivity index is 0.745. The van der Waals surface area contributed by atoms with Crippen molar-refractivity contribution < 1.29 is 19.1 Å². The molecule has 74 heavy (non-hydrogen) atoms. The highest BCUT2D eigenvalue weighted by Gasteiger charge is 2.41. The minimum Gasteiger partial charge on any atom is -0.493 e. The number of aromatic amines is 2. The molecule has 0 saturated carbocycles. The molecule has 2 atom stereocenters. The monoisotopic (exact) mass is 988 g/mol. The van der Waals surface area contributed by atoms with Gasteiger partial charge in [0.25, 0.3) is 11.8 Å². The lowest BCUT2D eigenvalue weighted by atomic mass is 9.86. The van der Waals surface area contributed by atoms with E-state index < -0.39 is 11.1 Å². The van der Waals surface area contributed by atoms with Crippen LogP contribution in [0.3, 0.4) is 0 Å². The summed E-state index contributed by atoms with van der Waals surface area (Å²) < 4.78 is 12.2. The van der Waals surface area contributed by atoms with Crippen LogP contribution < -0.4 is 36.1 Å². The van der Waals surface area contributed by atoms with Gasteiger partial charge in [0.1, 0.15) is 17.0 Å². The predicted octanol–water partition coefficient (Wildman–Crippen LogP) is 7.17. The lowest BCUT2D eigenvalue weighted by Gasteiger charge is -2.40. The number of benzene rings is 4. The maximum absolute atomic E-state index is 14.1. The fourth-order valence-electron chi connectivity index (χ4n) is 10.7. The fraction of sp³-hybridized carbons (Fsp3) is 0.286. The highest BCUT2D eigenvalue weighted by Crippen LogP contribution is 2.41. The van der Waals surface area contributed by atoms with Crippen LogP contribution in [0.5, 0.6) is 11.5 Å². The van der Waals surface area contributed by atoms with Crippen LogP contribution >= 0.6 is 0 Å². The summed E-state index contributed by atoms with van der Waals surface area (Å²) in [6.45, 7) is 4.58. The highest BCUT2D eigenvalue weighted by molar-refractivity contribution is 5.96. The lowest BCUT2D eigenvalue weighted by Crippen LogP contribution is -2.46. The molecule has 8 aromatic rings. The number of hydrogen-bond acceptors (Lipinski definition) is 14. The van der Waals surface area contributed by atoms with E-state index >= 15 is 0 Å². The molecule has 8 heterocycles. The Hall–Kier alpha value is -8.48. The average Bonchev–Trinajstić information content (AvgIpc) is 4.31. The number of amides is 2. The van der Waals surface area contributed by atoms with Crippen molar-refractivity contribution in [3.8, 4) is 45.5 Å². The summed E-state index contributed by atoms with van der Waals surface area (Å²) >= 11 is 0. The number of para-hydroxylation sites is 2. The molecule has 0 bridgehead atoms. The predicted molar refractivity (Wildman–Crippen MR) is 279 cm³/mol. The first-order valence-corrected chi connectivity index (χ1v) is 25.3. The van der Waals surface area contributed by atoms with Crippen LogP contribution in [0, 0.1) is 0 Å². The van der Waals surface area contributed by atoms with Crippen LogP contribution in [0.2, 0.25) is 0 Å². The molecule has 0 radical (unpaired) electrons. The third-order valence-electron chi connectivity index (χ3n) is 14.7. The van der Waals surface area contributed by atoms with Crippen LogP contribution in [-0.4, -0.2) is 103 Å². The number of nitrogens with zero attached hydrogens (tertiary/aromatic N) is 7. The number of ether oxygens (including phenoxy) is 2. The number of H-pyrrole nitrogens is 2. The zero-order valence-electron chi connectivity index (χ0n) is 41.0. The molecule has 2 amide bonds. The van der Waals surface area contributed by atoms with Crippen molar-refractivity contribution in [2.75, 3.05) is 57.1 Å². The Bertz CT molecular complexity index is 3340. The molecule has 2 saturated heterocycles. The Kier molecular flexibility index (Phi) is 12.5. The molecule has 374 valence electrons. The van der Waals surface area contributed by atoms with E-state index in [0.29, 0.717) is 72.8 Å². The Morgan fingerprint density at radius 1 is 0.716 bits per heavy atom. The van der Waals surface area contributed by atoms with E-state index in [1.165, 1.54) is 5.56 Å². The van der Waals surface area contributed by atoms with Crippen molar-refractivity contribution in [3.63, 3.8) is 0 Å². The minimum atomic E-state index is -0.576. The minimum absolute atomic E-state index is 0.162. The fourth-order valence-corrected chi connectivity index (χ4v) is 10.7. The maximum Gasteiger partial charge on any atom is 0.251 e. The lowest BCUT2D eigenvalue weighted by molar-refractivity contribution is 0.0922. The number of hydrogen-bond donors (Lipinski definition) is 7. The number of pyridine rings is 2. The third kappa shape index (κ3) is 9.29. The summed E-state index contributed by atoms with van der Waals surface area (Å²) in [4.78, 5) is 48.9. The maximum atomic E-state index is 14.1. The van der Waals surface area contributed by atoms with Crippen molar-refractivity contribution in [1.29, 1.82) is 0 Å². The second-order valence-corrected chi connectivity index (χ2v) is 19.6. The van der Waals surface area contributed by atoms with E-state index in [4.69, 9.17) is 29.5 Å². The summed E-state index contributed by atoms with van der Waals surface area (Å²) in [5.41, 5.74) is 7.75. The molecule has 0 unspecified atom stereocenters. The quantitative estimate of drug-likeness (QED) is 0.0574. The molecule has 4 aromatic carbocycles. The molecule has 0 aliphatic carbocycles. The van der Waals surface area contributed by atoms with Crippen LogP contribution in [-0.2, 0) is 24.0 Å². The molecular weight excluding hydrogens is 933 g/mol. The zero-order chi connectivity index (χ0) is 50.1. The molecule has 0 spiro atoms. The number of carbonyl (C=O) groups is 2. The first-order valence-electron chi connectivity index (χ1n) is 25.3. The number of anilines is 2. The smallest absolute Gasteiger partial charge is 0.251 e. The highest BCUT2D eigenvalue weighted by atomic mass is 16.5. The van der Waals surface area contributed by atoms with Gasteiger partial charge in [0.05, 0.1) is 30.5 Å². The Morgan fingerprint density at radius 2 is 1.41 bits per heavy atom. The van der Waals surface area contributed by atoms with E-state index in [0.717, 1.165) is 96.1 Å². The average molecular weight is 989 g/mol. The zero-order valence-corrected chi connectivity index (χ0v) is 41.0. The van der Waals surface area contributed by atoms with Crippen LogP contribution in [0.15, 0.2) is 128 Å². The van der Waals surface area contributed by atoms with Crippen molar-refractivity contribution in [2.24, 2.45) is 0 Å². The van der Waals surface area contributed by atoms with Crippen molar-refractivity contribution in [3.05, 3.63) is 167 Å². The van der Waals surface area contributed by atoms with Gasteiger partial charge in [0.15, 0.2) is 23.3 Å². The summed E-state index contributed by atoms with van der Waals surface area (Å²) in [6.07, 6.45) is 8.99. The van der Waals surface area contributed by atoms with Crippen molar-refractivity contribution in [2.45, 2.75) is 55.8 Å². The van der Waals surface area contributed by atoms with Gasteiger partial charge in [0.2, 0.25) is 0 Å². The normalized spacial score (nSPS) is 18.9. The number of carbonyl (C=O) groups excluding carboxylic acids is 2. The van der Waals surface area contributed by atoms with E-state index in [1.54, 1.807) is 18.6 Å². The van der Waals surface area contributed by atoms with E-state index in [9.17, 15) is 9.59 Å². The van der Waals surface area contributed by atoms with Gasteiger partial charge in [-0.2, -0.15) is 10.2 Å². The van der Waals surface area contributed by atoms with Gasteiger partial charge in [-0.25, -0.2) is 9.97 Å². The van der Waals surface area contributed by atoms with E-state index in [-0.39, 0.29) is 17.9 Å². The number of nitrogens with one attached hydrogen (secondary N) is 7. The Labute approximate surface area is 427 Å². The summed E-state index contributed by atoms with van der Waals surface area (Å²) in [5, 5.41) is 33.1.